The Balaban J connectivity index is 1.28. The van der Waals surface area contributed by atoms with Gasteiger partial charge in [0.2, 0.25) is 5.95 Å². The molecule has 2 fully saturated rings. The zero-order valence-electron chi connectivity index (χ0n) is 17.8. The molecule has 0 radical (unpaired) electrons. The van der Waals surface area contributed by atoms with Crippen LogP contribution in [0, 0.1) is 6.92 Å². The molecule has 2 aliphatic rings. The first-order valence-electron chi connectivity index (χ1n) is 11.0. The van der Waals surface area contributed by atoms with E-state index < -0.39 is 0 Å². The highest BCUT2D eigenvalue weighted by Crippen LogP contribution is 2.33. The molecule has 0 amide bonds. The number of nitrogens with one attached hydrogen (secondary N) is 1. The predicted molar refractivity (Wildman–Crippen MR) is 120 cm³/mol. The maximum Gasteiger partial charge on any atom is 0.223 e. The summed E-state index contributed by atoms with van der Waals surface area (Å²) < 4.78 is 12.0. The molecule has 1 aliphatic heterocycles. The zero-order valence-corrected chi connectivity index (χ0v) is 17.8. The second-order valence-electron chi connectivity index (χ2n) is 8.22. The van der Waals surface area contributed by atoms with Crippen LogP contribution in [0.3, 0.4) is 0 Å². The van der Waals surface area contributed by atoms with Crippen molar-refractivity contribution in [2.75, 3.05) is 36.5 Å². The van der Waals surface area contributed by atoms with Crippen molar-refractivity contribution in [3.63, 3.8) is 0 Å². The molecule has 5 rings (SSSR count). The molecule has 1 saturated heterocycles. The number of nitrogens with zero attached hydrogens (tertiary/aromatic N) is 5. The lowest BCUT2D eigenvalue weighted by Crippen LogP contribution is -2.36. The smallest absolute Gasteiger partial charge is 0.223 e. The SMILES string of the molecule is Cc1ccnc(NC2CCC(Oc3cc(N4CCOCC4)cc4nccnc34)CC2)n1. The highest BCUT2D eigenvalue weighted by Gasteiger charge is 2.24. The molecule has 3 aromatic rings. The number of aryl methyl sites for hydroxylation is 1. The Kier molecular flexibility index (Phi) is 5.80. The van der Waals surface area contributed by atoms with Crippen molar-refractivity contribution in [2.24, 2.45) is 0 Å². The molecule has 0 spiro atoms. The van der Waals surface area contributed by atoms with Crippen LogP contribution in [-0.2, 0) is 4.74 Å². The summed E-state index contributed by atoms with van der Waals surface area (Å²) in [6.07, 6.45) is 9.43. The third kappa shape index (κ3) is 4.69. The van der Waals surface area contributed by atoms with Crippen molar-refractivity contribution in [3.8, 4) is 5.75 Å². The van der Waals surface area contributed by atoms with Gasteiger partial charge in [0.15, 0.2) is 0 Å². The zero-order chi connectivity index (χ0) is 21.0. The standard InChI is InChI=1S/C23H28N6O2/c1-16-6-7-26-23(27-16)28-17-2-4-19(5-3-17)31-21-15-18(29-10-12-30-13-11-29)14-20-22(21)25-9-8-24-20/h6-9,14-15,17,19H,2-5,10-13H2,1H3,(H,26,27,28). The lowest BCUT2D eigenvalue weighted by atomic mass is 9.93. The van der Waals surface area contributed by atoms with E-state index in [1.54, 1.807) is 18.6 Å². The Morgan fingerprint density at radius 2 is 1.81 bits per heavy atom. The molecule has 1 N–H and O–H groups in total. The molecule has 162 valence electrons. The van der Waals surface area contributed by atoms with Crippen LogP contribution in [0.4, 0.5) is 11.6 Å². The van der Waals surface area contributed by atoms with E-state index in [0.717, 1.165) is 80.2 Å². The molecule has 0 bridgehead atoms. The van der Waals surface area contributed by atoms with Gasteiger partial charge in [-0.3, -0.25) is 4.98 Å². The summed E-state index contributed by atoms with van der Waals surface area (Å²) in [5.74, 6) is 1.54. The maximum atomic E-state index is 6.50. The molecule has 31 heavy (non-hydrogen) atoms. The highest BCUT2D eigenvalue weighted by molar-refractivity contribution is 5.85. The topological polar surface area (TPSA) is 85.3 Å². The number of ether oxygens (including phenoxy) is 2. The molecule has 8 heteroatoms. The summed E-state index contributed by atoms with van der Waals surface area (Å²) in [6.45, 7) is 5.23. The molecule has 1 aromatic carbocycles. The van der Waals surface area contributed by atoms with Crippen LogP contribution < -0.4 is 15.0 Å². The molecule has 8 nitrogen and oxygen atoms in total. The van der Waals surface area contributed by atoms with Gasteiger partial charge in [-0.05, 0) is 44.7 Å². The fourth-order valence-electron chi connectivity index (χ4n) is 4.33. The van der Waals surface area contributed by atoms with Gasteiger partial charge in [-0.1, -0.05) is 0 Å². The van der Waals surface area contributed by atoms with Gasteiger partial charge in [0.05, 0.1) is 24.8 Å². The van der Waals surface area contributed by atoms with Crippen LogP contribution in [0.15, 0.2) is 36.8 Å². The van der Waals surface area contributed by atoms with Crippen molar-refractivity contribution >= 4 is 22.7 Å². The van der Waals surface area contributed by atoms with Crippen LogP contribution in [0.2, 0.25) is 0 Å². The fourth-order valence-corrected chi connectivity index (χ4v) is 4.33. The number of benzene rings is 1. The summed E-state index contributed by atoms with van der Waals surface area (Å²) in [7, 11) is 0. The second kappa shape index (κ2) is 9.01. The Morgan fingerprint density at radius 3 is 2.61 bits per heavy atom. The van der Waals surface area contributed by atoms with Crippen molar-refractivity contribution in [1.82, 2.24) is 19.9 Å². The second-order valence-corrected chi connectivity index (χ2v) is 8.22. The molecular formula is C23H28N6O2. The Hall–Kier alpha value is -3.00. The molecule has 1 saturated carbocycles. The largest absolute Gasteiger partial charge is 0.488 e. The summed E-state index contributed by atoms with van der Waals surface area (Å²) in [6, 6.07) is 6.50. The van der Waals surface area contributed by atoms with E-state index >= 15 is 0 Å². The van der Waals surface area contributed by atoms with E-state index in [0.29, 0.717) is 12.0 Å². The minimum Gasteiger partial charge on any atom is -0.488 e. The quantitative estimate of drug-likeness (QED) is 0.673. The van der Waals surface area contributed by atoms with Crippen LogP contribution >= 0.6 is 0 Å². The fraction of sp³-hybridized carbons (Fsp3) is 0.478. The monoisotopic (exact) mass is 420 g/mol. The Bertz CT molecular complexity index is 1030. The Morgan fingerprint density at radius 1 is 1.00 bits per heavy atom. The van der Waals surface area contributed by atoms with Gasteiger partial charge in [0.1, 0.15) is 11.3 Å². The molecule has 3 heterocycles. The van der Waals surface area contributed by atoms with E-state index in [1.165, 1.54) is 0 Å². The number of hydrogen-bond acceptors (Lipinski definition) is 8. The van der Waals surface area contributed by atoms with Gasteiger partial charge in [0, 0.05) is 55.2 Å². The van der Waals surface area contributed by atoms with Crippen molar-refractivity contribution in [1.29, 1.82) is 0 Å². The summed E-state index contributed by atoms with van der Waals surface area (Å²) in [5, 5.41) is 3.47. The van der Waals surface area contributed by atoms with Crippen LogP contribution in [0.5, 0.6) is 5.75 Å². The lowest BCUT2D eigenvalue weighted by Gasteiger charge is -2.31. The van der Waals surface area contributed by atoms with E-state index in [2.05, 4.69) is 42.3 Å². The third-order valence-electron chi connectivity index (χ3n) is 6.00. The molecule has 2 aromatic heterocycles. The molecule has 0 unspecified atom stereocenters. The van der Waals surface area contributed by atoms with E-state index in [-0.39, 0.29) is 6.10 Å². The van der Waals surface area contributed by atoms with Crippen LogP contribution in [0.25, 0.3) is 11.0 Å². The minimum absolute atomic E-state index is 0.168. The van der Waals surface area contributed by atoms with Crippen LogP contribution in [-0.4, -0.2) is 58.4 Å². The number of hydrogen-bond donors (Lipinski definition) is 1. The molecule has 0 atom stereocenters. The van der Waals surface area contributed by atoms with Crippen molar-refractivity contribution < 1.29 is 9.47 Å². The summed E-state index contributed by atoms with van der Waals surface area (Å²) >= 11 is 0. The van der Waals surface area contributed by atoms with E-state index in [9.17, 15) is 0 Å². The van der Waals surface area contributed by atoms with Gasteiger partial charge in [-0.25, -0.2) is 15.0 Å². The predicted octanol–water partition coefficient (Wildman–Crippen LogP) is 3.37. The van der Waals surface area contributed by atoms with E-state index in [4.69, 9.17) is 9.47 Å². The van der Waals surface area contributed by atoms with Gasteiger partial charge >= 0.3 is 0 Å². The minimum atomic E-state index is 0.168. The first-order chi connectivity index (χ1) is 15.2. The number of aromatic nitrogens is 4. The normalized spacial score (nSPS) is 21.8. The summed E-state index contributed by atoms with van der Waals surface area (Å²) in [4.78, 5) is 20.2. The number of rotatable bonds is 5. The van der Waals surface area contributed by atoms with Gasteiger partial charge < -0.3 is 19.7 Å². The van der Waals surface area contributed by atoms with E-state index in [1.807, 2.05) is 13.0 Å². The first-order valence-corrected chi connectivity index (χ1v) is 11.0. The van der Waals surface area contributed by atoms with Crippen LogP contribution in [0.1, 0.15) is 31.4 Å². The Labute approximate surface area is 182 Å². The average Bonchev–Trinajstić information content (AvgIpc) is 2.81. The average molecular weight is 421 g/mol. The first kappa shape index (κ1) is 19.9. The van der Waals surface area contributed by atoms with Gasteiger partial charge in [-0.15, -0.1) is 0 Å². The number of morpholine rings is 1. The number of fused-ring (bicyclic) bond motifs is 1. The molecule has 1 aliphatic carbocycles. The van der Waals surface area contributed by atoms with Gasteiger partial charge in [0.25, 0.3) is 0 Å². The van der Waals surface area contributed by atoms with Crippen molar-refractivity contribution in [2.45, 2.75) is 44.8 Å². The lowest BCUT2D eigenvalue weighted by molar-refractivity contribution is 0.122. The maximum absolute atomic E-state index is 6.50. The van der Waals surface area contributed by atoms with Gasteiger partial charge in [-0.2, -0.15) is 0 Å². The highest BCUT2D eigenvalue weighted by atomic mass is 16.5. The number of anilines is 2. The third-order valence-corrected chi connectivity index (χ3v) is 6.00. The summed E-state index contributed by atoms with van der Waals surface area (Å²) in [5.41, 5.74) is 3.79. The van der Waals surface area contributed by atoms with Crippen molar-refractivity contribution in [3.05, 3.63) is 42.5 Å². The molecular weight excluding hydrogens is 392 g/mol.